The van der Waals surface area contributed by atoms with E-state index in [-0.39, 0.29) is 0 Å². The SMILES string of the molecule is Cc1cccc(C)c1OCc1nc(C(C)C)c(CS)s1. The van der Waals surface area contributed by atoms with Gasteiger partial charge in [-0.15, -0.1) is 11.3 Å². The second kappa shape index (κ2) is 6.64. The molecule has 0 spiro atoms. The van der Waals surface area contributed by atoms with Gasteiger partial charge in [-0.1, -0.05) is 32.0 Å². The quantitative estimate of drug-likeness (QED) is 0.794. The number of hydrogen-bond donors (Lipinski definition) is 1. The maximum atomic E-state index is 5.97. The molecule has 0 aliphatic rings. The Kier molecular flexibility index (Phi) is 5.11. The van der Waals surface area contributed by atoms with Crippen molar-refractivity contribution in [3.8, 4) is 5.75 Å². The van der Waals surface area contributed by atoms with Gasteiger partial charge in [0.05, 0.1) is 5.69 Å². The summed E-state index contributed by atoms with van der Waals surface area (Å²) in [6, 6.07) is 6.20. The fourth-order valence-corrected chi connectivity index (χ4v) is 3.55. The molecular weight excluding hydrogens is 286 g/mol. The van der Waals surface area contributed by atoms with Gasteiger partial charge in [0.1, 0.15) is 17.4 Å². The zero-order chi connectivity index (χ0) is 14.7. The summed E-state index contributed by atoms with van der Waals surface area (Å²) in [5, 5.41) is 1.03. The Labute approximate surface area is 130 Å². The number of thiazole rings is 1. The average Bonchev–Trinajstić information content (AvgIpc) is 2.81. The number of aryl methyl sites for hydroxylation is 2. The molecule has 0 aliphatic carbocycles. The first kappa shape index (κ1) is 15.4. The molecule has 0 fully saturated rings. The smallest absolute Gasteiger partial charge is 0.140 e. The van der Waals surface area contributed by atoms with E-state index in [0.29, 0.717) is 12.5 Å². The topological polar surface area (TPSA) is 22.1 Å². The number of nitrogens with zero attached hydrogens (tertiary/aromatic N) is 1. The average molecular weight is 307 g/mol. The van der Waals surface area contributed by atoms with Crippen LogP contribution >= 0.6 is 24.0 Å². The molecule has 20 heavy (non-hydrogen) atoms. The minimum absolute atomic E-state index is 0.433. The molecule has 1 heterocycles. The van der Waals surface area contributed by atoms with Crippen molar-refractivity contribution in [1.82, 2.24) is 4.98 Å². The summed E-state index contributed by atoms with van der Waals surface area (Å²) < 4.78 is 5.97. The van der Waals surface area contributed by atoms with Crippen LogP contribution < -0.4 is 4.74 Å². The number of benzene rings is 1. The Morgan fingerprint density at radius 2 is 1.90 bits per heavy atom. The van der Waals surface area contributed by atoms with Gasteiger partial charge in [-0.05, 0) is 30.9 Å². The summed E-state index contributed by atoms with van der Waals surface area (Å²) in [6.07, 6.45) is 0. The maximum absolute atomic E-state index is 5.97. The first-order valence-electron chi connectivity index (χ1n) is 6.81. The highest BCUT2D eigenvalue weighted by molar-refractivity contribution is 7.79. The van der Waals surface area contributed by atoms with Gasteiger partial charge >= 0.3 is 0 Å². The summed E-state index contributed by atoms with van der Waals surface area (Å²) in [6.45, 7) is 9.01. The third kappa shape index (κ3) is 3.36. The highest BCUT2D eigenvalue weighted by Gasteiger charge is 2.14. The van der Waals surface area contributed by atoms with Gasteiger partial charge in [-0.25, -0.2) is 4.98 Å². The van der Waals surface area contributed by atoms with Crippen LogP contribution in [0.5, 0.6) is 5.75 Å². The van der Waals surface area contributed by atoms with E-state index in [4.69, 9.17) is 9.72 Å². The van der Waals surface area contributed by atoms with Gasteiger partial charge < -0.3 is 4.74 Å². The van der Waals surface area contributed by atoms with Crippen molar-refractivity contribution in [2.45, 2.75) is 46.0 Å². The standard InChI is InChI=1S/C16H21NOS2/c1-10(2)15-13(9-19)20-14(17-15)8-18-16-11(3)6-5-7-12(16)4/h5-7,10,19H,8-9H2,1-4H3. The lowest BCUT2D eigenvalue weighted by atomic mass is 10.1. The summed E-state index contributed by atoms with van der Waals surface area (Å²) in [5.74, 6) is 2.15. The number of para-hydroxylation sites is 1. The highest BCUT2D eigenvalue weighted by atomic mass is 32.1. The van der Waals surface area contributed by atoms with Crippen LogP contribution in [0.25, 0.3) is 0 Å². The monoisotopic (exact) mass is 307 g/mol. The minimum Gasteiger partial charge on any atom is -0.486 e. The molecule has 0 N–H and O–H groups in total. The van der Waals surface area contributed by atoms with Crippen LogP contribution in [0.15, 0.2) is 18.2 Å². The lowest BCUT2D eigenvalue weighted by molar-refractivity contribution is 0.301. The molecule has 2 aromatic rings. The zero-order valence-electron chi connectivity index (χ0n) is 12.4. The summed E-state index contributed by atoms with van der Waals surface area (Å²) in [4.78, 5) is 5.95. The summed E-state index contributed by atoms with van der Waals surface area (Å²) in [5.41, 5.74) is 3.49. The molecule has 4 heteroatoms. The van der Waals surface area contributed by atoms with Crippen LogP contribution in [0.4, 0.5) is 0 Å². The normalized spacial score (nSPS) is 11.1. The predicted molar refractivity (Wildman–Crippen MR) is 89.1 cm³/mol. The van der Waals surface area contributed by atoms with Crippen molar-refractivity contribution in [2.24, 2.45) is 0 Å². The molecule has 0 bridgehead atoms. The van der Waals surface area contributed by atoms with Crippen molar-refractivity contribution < 1.29 is 4.74 Å². The minimum atomic E-state index is 0.433. The third-order valence-electron chi connectivity index (χ3n) is 3.21. The third-order valence-corrected chi connectivity index (χ3v) is 4.79. The predicted octanol–water partition coefficient (Wildman–Crippen LogP) is 4.89. The lowest BCUT2D eigenvalue weighted by Crippen LogP contribution is -1.99. The second-order valence-electron chi connectivity index (χ2n) is 5.24. The Hall–Kier alpha value is -1.000. The molecule has 0 saturated heterocycles. The van der Waals surface area contributed by atoms with E-state index in [9.17, 15) is 0 Å². The molecule has 2 rings (SSSR count). The van der Waals surface area contributed by atoms with E-state index in [1.165, 1.54) is 16.0 Å². The number of thiol groups is 1. The second-order valence-corrected chi connectivity index (χ2v) is 6.72. The van der Waals surface area contributed by atoms with Crippen LogP contribution in [-0.4, -0.2) is 4.98 Å². The van der Waals surface area contributed by atoms with Gasteiger partial charge in [0.15, 0.2) is 0 Å². The van der Waals surface area contributed by atoms with Crippen LogP contribution in [0, 0.1) is 13.8 Å². The van der Waals surface area contributed by atoms with Crippen LogP contribution in [-0.2, 0) is 12.4 Å². The molecule has 0 saturated carbocycles. The number of rotatable bonds is 5. The molecule has 0 radical (unpaired) electrons. The number of hydrogen-bond acceptors (Lipinski definition) is 4. The first-order valence-corrected chi connectivity index (χ1v) is 8.26. The molecule has 0 aliphatic heterocycles. The van der Waals surface area contributed by atoms with Crippen molar-refractivity contribution >= 4 is 24.0 Å². The number of aromatic nitrogens is 1. The van der Waals surface area contributed by atoms with E-state index < -0.39 is 0 Å². The van der Waals surface area contributed by atoms with Crippen molar-refractivity contribution in [1.29, 1.82) is 0 Å². The molecule has 1 aromatic heterocycles. The van der Waals surface area contributed by atoms with Gasteiger partial charge in [-0.2, -0.15) is 12.6 Å². The van der Waals surface area contributed by atoms with Gasteiger partial charge in [0.2, 0.25) is 0 Å². The number of ether oxygens (including phenoxy) is 1. The first-order chi connectivity index (χ1) is 9.52. The van der Waals surface area contributed by atoms with E-state index in [1.54, 1.807) is 11.3 Å². The summed E-state index contributed by atoms with van der Waals surface area (Å²) >= 11 is 6.09. The van der Waals surface area contributed by atoms with Crippen LogP contribution in [0.2, 0.25) is 0 Å². The fraction of sp³-hybridized carbons (Fsp3) is 0.438. The Balaban J connectivity index is 2.15. The molecule has 2 nitrogen and oxygen atoms in total. The Morgan fingerprint density at radius 1 is 1.25 bits per heavy atom. The highest BCUT2D eigenvalue weighted by Crippen LogP contribution is 2.28. The molecule has 1 aromatic carbocycles. The van der Waals surface area contributed by atoms with Crippen molar-refractivity contribution in [3.05, 3.63) is 44.9 Å². The lowest BCUT2D eigenvalue weighted by Gasteiger charge is -2.10. The van der Waals surface area contributed by atoms with E-state index in [2.05, 4.69) is 58.5 Å². The van der Waals surface area contributed by atoms with Gasteiger partial charge in [-0.3, -0.25) is 0 Å². The maximum Gasteiger partial charge on any atom is 0.140 e. The molecular formula is C16H21NOS2. The van der Waals surface area contributed by atoms with E-state index >= 15 is 0 Å². The van der Waals surface area contributed by atoms with Crippen molar-refractivity contribution in [2.75, 3.05) is 0 Å². The van der Waals surface area contributed by atoms with Gasteiger partial charge in [0, 0.05) is 10.6 Å². The van der Waals surface area contributed by atoms with Crippen molar-refractivity contribution in [3.63, 3.8) is 0 Å². The molecule has 0 amide bonds. The molecule has 0 atom stereocenters. The molecule has 0 unspecified atom stereocenters. The fourth-order valence-electron chi connectivity index (χ4n) is 2.20. The summed E-state index contributed by atoms with van der Waals surface area (Å²) in [7, 11) is 0. The molecule has 108 valence electrons. The Bertz CT molecular complexity index is 570. The zero-order valence-corrected chi connectivity index (χ0v) is 14.1. The van der Waals surface area contributed by atoms with Gasteiger partial charge in [0.25, 0.3) is 0 Å². The van der Waals surface area contributed by atoms with Crippen LogP contribution in [0.1, 0.15) is 46.5 Å². The van der Waals surface area contributed by atoms with E-state index in [0.717, 1.165) is 22.2 Å². The largest absolute Gasteiger partial charge is 0.486 e. The Morgan fingerprint density at radius 3 is 2.40 bits per heavy atom. The van der Waals surface area contributed by atoms with Crippen LogP contribution in [0.3, 0.4) is 0 Å². The van der Waals surface area contributed by atoms with E-state index in [1.807, 2.05) is 0 Å².